The summed E-state index contributed by atoms with van der Waals surface area (Å²) in [6.45, 7) is 1.82. The van der Waals surface area contributed by atoms with Crippen LogP contribution in [0.4, 0.5) is 0 Å². The fourth-order valence-corrected chi connectivity index (χ4v) is 3.09. The minimum absolute atomic E-state index is 0.0857. The number of nitrogens with one attached hydrogen (secondary N) is 2. The molecule has 1 aromatic heterocycles. The van der Waals surface area contributed by atoms with Crippen molar-refractivity contribution in [2.45, 2.75) is 13.0 Å². The number of halogens is 1. The Labute approximate surface area is 165 Å². The van der Waals surface area contributed by atoms with Gasteiger partial charge in [0.25, 0.3) is 5.91 Å². The summed E-state index contributed by atoms with van der Waals surface area (Å²) in [5.74, 6) is -0.545. The molecule has 0 aliphatic heterocycles. The van der Waals surface area contributed by atoms with Crippen molar-refractivity contribution in [1.82, 2.24) is 20.2 Å². The van der Waals surface area contributed by atoms with Crippen LogP contribution in [-0.2, 0) is 4.79 Å². The summed E-state index contributed by atoms with van der Waals surface area (Å²) in [7, 11) is 0. The van der Waals surface area contributed by atoms with Gasteiger partial charge in [0.1, 0.15) is 0 Å². The first-order valence-electron chi connectivity index (χ1n) is 8.45. The average Bonchev–Trinajstić information content (AvgIpc) is 3.21. The highest BCUT2D eigenvalue weighted by Crippen LogP contribution is 2.16. The Morgan fingerprint density at radius 1 is 1.15 bits per heavy atom. The molecule has 0 saturated heterocycles. The summed E-state index contributed by atoms with van der Waals surface area (Å²) in [5.41, 5.74) is 2.47. The van der Waals surface area contributed by atoms with E-state index in [-0.39, 0.29) is 24.4 Å². The van der Waals surface area contributed by atoms with Gasteiger partial charge in [0.05, 0.1) is 24.5 Å². The highest BCUT2D eigenvalue weighted by Gasteiger charge is 2.13. The van der Waals surface area contributed by atoms with Crippen LogP contribution in [0.1, 0.15) is 28.9 Å². The van der Waals surface area contributed by atoms with Crippen molar-refractivity contribution >= 4 is 27.7 Å². The van der Waals surface area contributed by atoms with E-state index in [9.17, 15) is 9.59 Å². The van der Waals surface area contributed by atoms with E-state index in [1.54, 1.807) is 30.7 Å². The van der Waals surface area contributed by atoms with E-state index in [1.807, 2.05) is 48.0 Å². The topological polar surface area (TPSA) is 76.0 Å². The zero-order chi connectivity index (χ0) is 19.2. The fraction of sp³-hybridized carbons (Fsp3) is 0.150. The number of imidazole rings is 1. The summed E-state index contributed by atoms with van der Waals surface area (Å²) in [4.78, 5) is 28.3. The van der Waals surface area contributed by atoms with Gasteiger partial charge in [-0.05, 0) is 52.7 Å². The maximum absolute atomic E-state index is 12.2. The van der Waals surface area contributed by atoms with Crippen molar-refractivity contribution in [3.8, 4) is 5.69 Å². The van der Waals surface area contributed by atoms with Crippen LogP contribution in [-0.4, -0.2) is 27.9 Å². The Morgan fingerprint density at radius 2 is 1.89 bits per heavy atom. The molecule has 2 amide bonds. The van der Waals surface area contributed by atoms with Crippen LogP contribution in [0.3, 0.4) is 0 Å². The quantitative estimate of drug-likeness (QED) is 0.634. The van der Waals surface area contributed by atoms with E-state index in [0.717, 1.165) is 11.3 Å². The highest BCUT2D eigenvalue weighted by atomic mass is 79.9. The molecule has 6 nitrogen and oxygen atoms in total. The van der Waals surface area contributed by atoms with Crippen molar-refractivity contribution in [2.75, 3.05) is 6.54 Å². The minimum Gasteiger partial charge on any atom is -0.348 e. The molecule has 2 N–H and O–H groups in total. The smallest absolute Gasteiger partial charge is 0.252 e. The molecule has 0 fully saturated rings. The lowest BCUT2D eigenvalue weighted by Gasteiger charge is -2.15. The number of benzene rings is 2. The molecule has 0 unspecified atom stereocenters. The second-order valence-electron chi connectivity index (χ2n) is 6.01. The van der Waals surface area contributed by atoms with Crippen LogP contribution in [0, 0.1) is 0 Å². The Kier molecular flexibility index (Phi) is 6.03. The van der Waals surface area contributed by atoms with Gasteiger partial charge in [-0.2, -0.15) is 0 Å². The molecule has 0 radical (unpaired) electrons. The van der Waals surface area contributed by atoms with Gasteiger partial charge in [0.15, 0.2) is 0 Å². The van der Waals surface area contributed by atoms with Gasteiger partial charge < -0.3 is 15.2 Å². The van der Waals surface area contributed by atoms with Crippen LogP contribution < -0.4 is 10.6 Å². The van der Waals surface area contributed by atoms with Crippen LogP contribution >= 0.6 is 15.9 Å². The van der Waals surface area contributed by atoms with Gasteiger partial charge in [-0.15, -0.1) is 0 Å². The van der Waals surface area contributed by atoms with Gasteiger partial charge >= 0.3 is 0 Å². The summed E-state index contributed by atoms with van der Waals surface area (Å²) < 4.78 is 2.60. The lowest BCUT2D eigenvalue weighted by atomic mass is 10.1. The number of hydrogen-bond donors (Lipinski definition) is 2. The van der Waals surface area contributed by atoms with Crippen LogP contribution in [0.5, 0.6) is 0 Å². The number of nitrogens with zero attached hydrogens (tertiary/aromatic N) is 2. The molecule has 2 aromatic carbocycles. The predicted octanol–water partition coefficient (Wildman–Crippen LogP) is 3.24. The molecular weight excluding hydrogens is 408 g/mol. The van der Waals surface area contributed by atoms with Gasteiger partial charge in [-0.3, -0.25) is 9.59 Å². The molecule has 1 heterocycles. The Balaban J connectivity index is 1.53. The van der Waals surface area contributed by atoms with E-state index in [2.05, 4.69) is 31.5 Å². The van der Waals surface area contributed by atoms with Crippen molar-refractivity contribution < 1.29 is 9.59 Å². The maximum Gasteiger partial charge on any atom is 0.252 e. The van der Waals surface area contributed by atoms with Crippen LogP contribution in [0.25, 0.3) is 5.69 Å². The van der Waals surface area contributed by atoms with Gasteiger partial charge in [-0.25, -0.2) is 4.98 Å². The maximum atomic E-state index is 12.2. The van der Waals surface area contributed by atoms with Gasteiger partial charge in [0.2, 0.25) is 5.91 Å². The molecule has 0 spiro atoms. The fourth-order valence-electron chi connectivity index (χ4n) is 2.62. The second kappa shape index (κ2) is 8.64. The SMILES string of the molecule is C[C@H](NC(=O)CNC(=O)c1ccccc1Br)c1ccc(-n2ccnc2)cc1. The monoisotopic (exact) mass is 426 g/mol. The van der Waals surface area contributed by atoms with Crippen molar-refractivity contribution in [2.24, 2.45) is 0 Å². The highest BCUT2D eigenvalue weighted by molar-refractivity contribution is 9.10. The number of aromatic nitrogens is 2. The van der Waals surface area contributed by atoms with Crippen molar-refractivity contribution in [3.05, 3.63) is 82.9 Å². The molecule has 0 aliphatic rings. The van der Waals surface area contributed by atoms with Crippen LogP contribution in [0.2, 0.25) is 0 Å². The zero-order valence-corrected chi connectivity index (χ0v) is 16.3. The lowest BCUT2D eigenvalue weighted by Crippen LogP contribution is -2.38. The second-order valence-corrected chi connectivity index (χ2v) is 6.87. The van der Waals surface area contributed by atoms with E-state index in [1.165, 1.54) is 0 Å². The summed E-state index contributed by atoms with van der Waals surface area (Å²) in [6.07, 6.45) is 5.32. The molecular formula is C20H19BrN4O2. The third kappa shape index (κ3) is 4.83. The molecule has 138 valence electrons. The lowest BCUT2D eigenvalue weighted by molar-refractivity contribution is -0.120. The van der Waals surface area contributed by atoms with Crippen molar-refractivity contribution in [3.63, 3.8) is 0 Å². The van der Waals surface area contributed by atoms with E-state index >= 15 is 0 Å². The Hall–Kier alpha value is -2.93. The molecule has 0 saturated carbocycles. The number of amides is 2. The summed E-state index contributed by atoms with van der Waals surface area (Å²) in [5, 5.41) is 5.52. The Morgan fingerprint density at radius 3 is 2.56 bits per heavy atom. The number of carbonyl (C=O) groups excluding carboxylic acids is 2. The molecule has 0 bridgehead atoms. The first kappa shape index (κ1) is 18.8. The minimum atomic E-state index is -0.296. The summed E-state index contributed by atoms with van der Waals surface area (Å²) in [6, 6.07) is 14.8. The number of hydrogen-bond acceptors (Lipinski definition) is 3. The first-order valence-corrected chi connectivity index (χ1v) is 9.24. The third-order valence-corrected chi connectivity index (χ3v) is 4.79. The molecule has 27 heavy (non-hydrogen) atoms. The normalized spacial score (nSPS) is 11.6. The van der Waals surface area contributed by atoms with E-state index in [0.29, 0.717) is 10.0 Å². The van der Waals surface area contributed by atoms with Crippen LogP contribution in [0.15, 0.2) is 71.7 Å². The molecule has 3 aromatic rings. The number of rotatable bonds is 6. The van der Waals surface area contributed by atoms with E-state index in [4.69, 9.17) is 0 Å². The Bertz CT molecular complexity index is 923. The number of carbonyl (C=O) groups is 2. The predicted molar refractivity (Wildman–Crippen MR) is 107 cm³/mol. The molecule has 3 rings (SSSR count). The largest absolute Gasteiger partial charge is 0.348 e. The zero-order valence-electron chi connectivity index (χ0n) is 14.7. The van der Waals surface area contributed by atoms with Gasteiger partial charge in [-0.1, -0.05) is 24.3 Å². The van der Waals surface area contributed by atoms with Crippen molar-refractivity contribution in [1.29, 1.82) is 0 Å². The first-order chi connectivity index (χ1) is 13.0. The molecule has 7 heteroatoms. The summed E-state index contributed by atoms with van der Waals surface area (Å²) >= 11 is 3.33. The molecule has 1 atom stereocenters. The third-order valence-electron chi connectivity index (χ3n) is 4.10. The standard InChI is InChI=1S/C20H19BrN4O2/c1-14(15-6-8-16(9-7-15)25-11-10-22-13-25)24-19(26)12-23-20(27)17-4-2-3-5-18(17)21/h2-11,13-14H,12H2,1H3,(H,23,27)(H,24,26)/t14-/m0/s1. The average molecular weight is 427 g/mol. The van der Waals surface area contributed by atoms with Gasteiger partial charge in [0, 0.05) is 22.6 Å². The molecule has 0 aliphatic carbocycles. The van der Waals surface area contributed by atoms with E-state index < -0.39 is 0 Å².